The van der Waals surface area contributed by atoms with Gasteiger partial charge in [0.25, 0.3) is 0 Å². The fourth-order valence-electron chi connectivity index (χ4n) is 4.72. The number of likely N-dealkylation sites (tertiary alicyclic amines) is 2. The molecule has 0 aromatic carbocycles. The van der Waals surface area contributed by atoms with Crippen LogP contribution < -0.4 is 0 Å². The van der Waals surface area contributed by atoms with Gasteiger partial charge in [0.15, 0.2) is 0 Å². The zero-order chi connectivity index (χ0) is 22.7. The van der Waals surface area contributed by atoms with Crippen LogP contribution in [0.25, 0.3) is 0 Å². The second-order valence-corrected chi connectivity index (χ2v) is 9.25. The first-order valence-electron chi connectivity index (χ1n) is 11.8. The largest absolute Gasteiger partial charge is 0.423 e. The molecule has 0 radical (unpaired) electrons. The summed E-state index contributed by atoms with van der Waals surface area (Å²) in [4.78, 5) is 33.3. The highest BCUT2D eigenvalue weighted by atomic mass is 16.4. The minimum absolute atomic E-state index is 0.0439. The first-order chi connectivity index (χ1) is 15.4. The topological polar surface area (TPSA) is 97.4 Å². The molecule has 0 aliphatic carbocycles. The lowest BCUT2D eigenvalue weighted by molar-refractivity contribution is -0.139. The zero-order valence-corrected chi connectivity index (χ0v) is 19.4. The van der Waals surface area contributed by atoms with E-state index in [4.69, 9.17) is 4.42 Å². The van der Waals surface area contributed by atoms with E-state index in [9.17, 15) is 9.59 Å². The van der Waals surface area contributed by atoms with E-state index in [1.54, 1.807) is 6.20 Å². The molecule has 174 valence electrons. The number of nitrogens with zero attached hydrogens (tertiary/aromatic N) is 6. The van der Waals surface area contributed by atoms with E-state index in [-0.39, 0.29) is 29.7 Å². The molecular formula is C23H34N6O3. The molecule has 1 atom stereocenters. The number of hydrogen-bond acceptors (Lipinski definition) is 6. The highest BCUT2D eigenvalue weighted by Gasteiger charge is 2.34. The zero-order valence-electron chi connectivity index (χ0n) is 19.4. The van der Waals surface area contributed by atoms with Gasteiger partial charge in [0.05, 0.1) is 0 Å². The molecule has 0 bridgehead atoms. The van der Waals surface area contributed by atoms with Gasteiger partial charge in [-0.15, -0.1) is 10.2 Å². The van der Waals surface area contributed by atoms with Crippen LogP contribution in [0.2, 0.25) is 0 Å². The van der Waals surface area contributed by atoms with Crippen molar-refractivity contribution in [3.63, 3.8) is 0 Å². The second-order valence-electron chi connectivity index (χ2n) is 9.25. The standard InChI is InChI=1S/C23H34N6O3/c1-16(2)23(31)29-11-5-4-6-19(29)22-26-25-21(32-22)18-7-12-28(13-8-18)20(30)9-14-27-15-10-24-17(27)3/h10,15-16,18-19H,4-9,11-14H2,1-3H3/t19-/m1/s1. The van der Waals surface area contributed by atoms with Gasteiger partial charge in [0.1, 0.15) is 11.9 Å². The summed E-state index contributed by atoms with van der Waals surface area (Å²) in [6.07, 6.45) is 8.72. The average molecular weight is 443 g/mol. The Morgan fingerprint density at radius 1 is 1.09 bits per heavy atom. The SMILES string of the molecule is Cc1nccn1CCC(=O)N1CCC(c2nnc([C@H]3CCCCN3C(=O)C(C)C)o2)CC1. The van der Waals surface area contributed by atoms with Crippen LogP contribution in [0, 0.1) is 12.8 Å². The number of rotatable bonds is 6. The fraction of sp³-hybridized carbons (Fsp3) is 0.696. The lowest BCUT2D eigenvalue weighted by atomic mass is 9.96. The minimum atomic E-state index is -0.117. The van der Waals surface area contributed by atoms with Crippen molar-refractivity contribution in [2.45, 2.75) is 77.8 Å². The number of imidazole rings is 1. The molecule has 9 nitrogen and oxygen atoms in total. The van der Waals surface area contributed by atoms with E-state index in [0.717, 1.165) is 44.5 Å². The van der Waals surface area contributed by atoms with Crippen LogP contribution in [-0.2, 0) is 16.1 Å². The van der Waals surface area contributed by atoms with Gasteiger partial charge in [-0.25, -0.2) is 4.98 Å². The van der Waals surface area contributed by atoms with Crippen molar-refractivity contribution < 1.29 is 14.0 Å². The van der Waals surface area contributed by atoms with Crippen molar-refractivity contribution in [1.82, 2.24) is 29.5 Å². The number of aromatic nitrogens is 4. The summed E-state index contributed by atoms with van der Waals surface area (Å²) >= 11 is 0. The van der Waals surface area contributed by atoms with Gasteiger partial charge in [-0.1, -0.05) is 13.8 Å². The van der Waals surface area contributed by atoms with Crippen LogP contribution in [0.4, 0.5) is 0 Å². The van der Waals surface area contributed by atoms with E-state index in [1.165, 1.54) is 0 Å². The summed E-state index contributed by atoms with van der Waals surface area (Å²) in [5.41, 5.74) is 0. The van der Waals surface area contributed by atoms with Gasteiger partial charge in [-0.05, 0) is 39.0 Å². The van der Waals surface area contributed by atoms with Gasteiger partial charge >= 0.3 is 0 Å². The monoisotopic (exact) mass is 442 g/mol. The van der Waals surface area contributed by atoms with Crippen LogP contribution >= 0.6 is 0 Å². The Balaban J connectivity index is 1.32. The summed E-state index contributed by atoms with van der Waals surface area (Å²) < 4.78 is 8.10. The molecule has 0 saturated carbocycles. The summed E-state index contributed by atoms with van der Waals surface area (Å²) in [5.74, 6) is 2.56. The smallest absolute Gasteiger partial charge is 0.238 e. The van der Waals surface area contributed by atoms with Crippen molar-refractivity contribution >= 4 is 11.8 Å². The summed E-state index contributed by atoms with van der Waals surface area (Å²) in [6, 6.07) is -0.117. The molecular weight excluding hydrogens is 408 g/mol. The third kappa shape index (κ3) is 4.86. The number of piperidine rings is 2. The lowest BCUT2D eigenvalue weighted by Crippen LogP contribution is -2.40. The molecule has 32 heavy (non-hydrogen) atoms. The van der Waals surface area contributed by atoms with Crippen LogP contribution in [0.1, 0.15) is 81.9 Å². The summed E-state index contributed by atoms with van der Waals surface area (Å²) in [6.45, 7) is 8.61. The Labute approximate surface area is 189 Å². The van der Waals surface area contributed by atoms with E-state index >= 15 is 0 Å². The molecule has 0 spiro atoms. The number of carbonyl (C=O) groups is 2. The van der Waals surface area contributed by atoms with Crippen molar-refractivity contribution in [2.75, 3.05) is 19.6 Å². The van der Waals surface area contributed by atoms with Crippen molar-refractivity contribution in [3.05, 3.63) is 30.0 Å². The molecule has 4 heterocycles. The van der Waals surface area contributed by atoms with Crippen molar-refractivity contribution in [3.8, 4) is 0 Å². The minimum Gasteiger partial charge on any atom is -0.423 e. The molecule has 2 aromatic heterocycles. The highest BCUT2D eigenvalue weighted by molar-refractivity contribution is 5.78. The Bertz CT molecular complexity index is 928. The molecule has 2 aliphatic heterocycles. The normalized spacial score (nSPS) is 20.2. The Hall–Kier alpha value is -2.71. The average Bonchev–Trinajstić information content (AvgIpc) is 3.46. The van der Waals surface area contributed by atoms with Crippen molar-refractivity contribution in [1.29, 1.82) is 0 Å². The molecule has 2 aliphatic rings. The van der Waals surface area contributed by atoms with Crippen LogP contribution in [-0.4, -0.2) is 61.0 Å². The molecule has 2 amide bonds. The van der Waals surface area contributed by atoms with E-state index in [1.807, 2.05) is 41.3 Å². The van der Waals surface area contributed by atoms with E-state index in [2.05, 4.69) is 15.2 Å². The Morgan fingerprint density at radius 3 is 2.53 bits per heavy atom. The summed E-state index contributed by atoms with van der Waals surface area (Å²) in [5, 5.41) is 8.66. The second kappa shape index (κ2) is 9.83. The first-order valence-corrected chi connectivity index (χ1v) is 11.8. The first kappa shape index (κ1) is 22.5. The fourth-order valence-corrected chi connectivity index (χ4v) is 4.72. The predicted molar refractivity (Wildman–Crippen MR) is 118 cm³/mol. The number of hydrogen-bond donors (Lipinski definition) is 0. The lowest BCUT2D eigenvalue weighted by Gasteiger charge is -2.34. The van der Waals surface area contributed by atoms with Gasteiger partial charge in [-0.3, -0.25) is 9.59 Å². The molecule has 4 rings (SSSR count). The molecule has 0 N–H and O–H groups in total. The molecule has 0 unspecified atom stereocenters. The number of carbonyl (C=O) groups excluding carboxylic acids is 2. The summed E-state index contributed by atoms with van der Waals surface area (Å²) in [7, 11) is 0. The van der Waals surface area contributed by atoms with Crippen LogP contribution in [0.3, 0.4) is 0 Å². The Kier molecular flexibility index (Phi) is 6.91. The van der Waals surface area contributed by atoms with Gasteiger partial charge in [0.2, 0.25) is 23.6 Å². The van der Waals surface area contributed by atoms with Gasteiger partial charge in [0, 0.05) is 56.8 Å². The van der Waals surface area contributed by atoms with E-state index in [0.29, 0.717) is 37.8 Å². The number of aryl methyl sites for hydroxylation is 2. The predicted octanol–water partition coefficient (Wildman–Crippen LogP) is 3.08. The quantitative estimate of drug-likeness (QED) is 0.682. The third-order valence-corrected chi connectivity index (χ3v) is 6.71. The van der Waals surface area contributed by atoms with Gasteiger partial charge in [-0.2, -0.15) is 0 Å². The third-order valence-electron chi connectivity index (χ3n) is 6.71. The Morgan fingerprint density at radius 2 is 1.84 bits per heavy atom. The van der Waals surface area contributed by atoms with Crippen molar-refractivity contribution in [2.24, 2.45) is 5.92 Å². The maximum Gasteiger partial charge on any atom is 0.238 e. The van der Waals surface area contributed by atoms with Gasteiger partial charge < -0.3 is 18.8 Å². The van der Waals surface area contributed by atoms with Crippen LogP contribution in [0.15, 0.2) is 16.8 Å². The highest BCUT2D eigenvalue weighted by Crippen LogP contribution is 2.34. The maximum atomic E-state index is 12.6. The van der Waals surface area contributed by atoms with E-state index < -0.39 is 0 Å². The molecule has 2 fully saturated rings. The van der Waals surface area contributed by atoms with Crippen LogP contribution in [0.5, 0.6) is 0 Å². The molecule has 9 heteroatoms. The molecule has 2 aromatic rings. The maximum absolute atomic E-state index is 12.6. The number of amides is 2. The molecule has 2 saturated heterocycles.